The molecule has 0 radical (unpaired) electrons. The van der Waals surface area contributed by atoms with E-state index >= 15 is 0 Å². The van der Waals surface area contributed by atoms with Gasteiger partial charge in [0.1, 0.15) is 10.5 Å². The van der Waals surface area contributed by atoms with Gasteiger partial charge >= 0.3 is 0 Å². The maximum atomic E-state index is 12.8. The second-order valence-corrected chi connectivity index (χ2v) is 11.4. The van der Waals surface area contributed by atoms with Crippen LogP contribution in [0.5, 0.6) is 0 Å². The minimum absolute atomic E-state index is 0.0660. The first-order chi connectivity index (χ1) is 19.0. The fraction of sp³-hybridized carbons (Fsp3) is 0.385. The molecule has 0 bridgehead atoms. The van der Waals surface area contributed by atoms with Crippen LogP contribution in [0.15, 0.2) is 39.0 Å². The highest BCUT2D eigenvalue weighted by Gasteiger charge is 2.23. The number of nitrogens with one attached hydrogen (secondary N) is 2. The highest BCUT2D eigenvalue weighted by Crippen LogP contribution is 2.38. The maximum Gasteiger partial charge on any atom is 0.269 e. The standard InChI is InChI=1S/C26H29N7O4S2/c27-16-3-1-2-4-17(16)30-14-9-18(23(26(28)35)29-12-14)31-21-11-20(39-32-21)15-13-38-25-19(34)10-22(37-24(15)25)33-5-7-36-8-6-33/h9-13,16-17,30H,1-8,27H2,(H2,28,35)(H,31,32)/t16-,17+/m1/s1. The van der Waals surface area contributed by atoms with Gasteiger partial charge in [-0.25, -0.2) is 4.98 Å². The summed E-state index contributed by atoms with van der Waals surface area (Å²) >= 11 is 2.61. The van der Waals surface area contributed by atoms with Gasteiger partial charge in [-0.1, -0.05) is 12.8 Å². The zero-order valence-electron chi connectivity index (χ0n) is 21.1. The number of anilines is 4. The van der Waals surface area contributed by atoms with E-state index in [9.17, 15) is 9.59 Å². The zero-order valence-corrected chi connectivity index (χ0v) is 22.8. The van der Waals surface area contributed by atoms with Crippen LogP contribution in [0.2, 0.25) is 0 Å². The number of fused-ring (bicyclic) bond motifs is 1. The Bertz CT molecular complexity index is 1560. The Hall–Kier alpha value is -3.52. The van der Waals surface area contributed by atoms with Gasteiger partial charge < -0.3 is 36.2 Å². The number of pyridine rings is 1. The van der Waals surface area contributed by atoms with Gasteiger partial charge in [0.25, 0.3) is 5.91 Å². The van der Waals surface area contributed by atoms with Crippen molar-refractivity contribution in [3.63, 3.8) is 0 Å². The van der Waals surface area contributed by atoms with Crippen molar-refractivity contribution >= 4 is 62.1 Å². The predicted molar refractivity (Wildman–Crippen MR) is 154 cm³/mol. The molecule has 2 aliphatic rings. The average molecular weight is 568 g/mol. The SMILES string of the molecule is NC(=O)c1ncc(N[C@H]2CCCC[C@H]2N)cc1Nc1cc(-c2csc3c(=O)cc(N4CCOCC4)oc23)sn1. The number of nitrogens with zero attached hydrogens (tertiary/aromatic N) is 3. The van der Waals surface area contributed by atoms with E-state index in [-0.39, 0.29) is 23.2 Å². The number of hydrogen-bond donors (Lipinski definition) is 4. The van der Waals surface area contributed by atoms with Gasteiger partial charge in [0.05, 0.1) is 35.7 Å². The molecule has 4 aromatic rings. The van der Waals surface area contributed by atoms with E-state index in [1.807, 2.05) is 16.3 Å². The summed E-state index contributed by atoms with van der Waals surface area (Å²) in [7, 11) is 0. The predicted octanol–water partition coefficient (Wildman–Crippen LogP) is 3.73. The van der Waals surface area contributed by atoms with Crippen LogP contribution in [0, 0.1) is 0 Å². The fourth-order valence-corrected chi connectivity index (χ4v) is 6.71. The molecule has 39 heavy (non-hydrogen) atoms. The molecule has 0 aromatic carbocycles. The topological polar surface area (TPSA) is 162 Å². The van der Waals surface area contributed by atoms with Crippen LogP contribution in [0.1, 0.15) is 36.2 Å². The molecule has 204 valence electrons. The number of carbonyl (C=O) groups is 1. The van der Waals surface area contributed by atoms with Crippen molar-refractivity contribution in [2.75, 3.05) is 41.8 Å². The summed E-state index contributed by atoms with van der Waals surface area (Å²) in [5.74, 6) is 0.421. The third-order valence-corrected chi connectivity index (χ3v) is 8.88. The molecule has 0 spiro atoms. The molecule has 2 atom stereocenters. The van der Waals surface area contributed by atoms with Crippen molar-refractivity contribution in [1.29, 1.82) is 0 Å². The van der Waals surface area contributed by atoms with Crippen molar-refractivity contribution in [2.24, 2.45) is 11.5 Å². The molecule has 1 aliphatic heterocycles. The van der Waals surface area contributed by atoms with Gasteiger partial charge in [-0.15, -0.1) is 11.3 Å². The van der Waals surface area contributed by atoms with Gasteiger partial charge in [0.2, 0.25) is 5.43 Å². The highest BCUT2D eigenvalue weighted by molar-refractivity contribution is 7.18. The zero-order chi connectivity index (χ0) is 26.9. The van der Waals surface area contributed by atoms with E-state index in [1.54, 1.807) is 18.3 Å². The quantitative estimate of drug-likeness (QED) is 0.259. The molecule has 4 aromatic heterocycles. The lowest BCUT2D eigenvalue weighted by atomic mass is 9.91. The molecule has 13 heteroatoms. The molecule has 2 fully saturated rings. The summed E-state index contributed by atoms with van der Waals surface area (Å²) in [4.78, 5) is 32.1. The molecule has 5 heterocycles. The number of morpholine rings is 1. The van der Waals surface area contributed by atoms with Crippen LogP contribution in [-0.2, 0) is 4.74 Å². The minimum Gasteiger partial charge on any atom is -0.439 e. The number of rotatable bonds is 7. The maximum absolute atomic E-state index is 12.8. The van der Waals surface area contributed by atoms with Crippen molar-refractivity contribution < 1.29 is 13.9 Å². The molecule has 1 saturated carbocycles. The van der Waals surface area contributed by atoms with Crippen molar-refractivity contribution in [1.82, 2.24) is 9.36 Å². The van der Waals surface area contributed by atoms with E-state index in [1.165, 1.54) is 22.9 Å². The Morgan fingerprint density at radius 1 is 1.15 bits per heavy atom. The van der Waals surface area contributed by atoms with Crippen LogP contribution in [-0.4, -0.2) is 53.7 Å². The minimum atomic E-state index is -0.643. The molecule has 1 saturated heterocycles. The third-order valence-electron chi connectivity index (χ3n) is 7.08. The lowest BCUT2D eigenvalue weighted by molar-refractivity contribution is 0.0996. The average Bonchev–Trinajstić information content (AvgIpc) is 3.58. The monoisotopic (exact) mass is 567 g/mol. The smallest absolute Gasteiger partial charge is 0.269 e. The largest absolute Gasteiger partial charge is 0.439 e. The van der Waals surface area contributed by atoms with Crippen molar-refractivity contribution in [2.45, 2.75) is 37.8 Å². The van der Waals surface area contributed by atoms with Gasteiger partial charge in [-0.3, -0.25) is 9.59 Å². The van der Waals surface area contributed by atoms with Crippen LogP contribution >= 0.6 is 22.9 Å². The number of amides is 1. The summed E-state index contributed by atoms with van der Waals surface area (Å²) in [5, 5.41) is 8.57. The second-order valence-electron chi connectivity index (χ2n) is 9.74. The summed E-state index contributed by atoms with van der Waals surface area (Å²) in [5.41, 5.74) is 14.5. The van der Waals surface area contributed by atoms with E-state index < -0.39 is 5.91 Å². The van der Waals surface area contributed by atoms with E-state index in [0.29, 0.717) is 54.0 Å². The number of ether oxygens (including phenoxy) is 1. The van der Waals surface area contributed by atoms with Gasteiger partial charge in [-0.2, -0.15) is 4.37 Å². The Morgan fingerprint density at radius 3 is 2.77 bits per heavy atom. The number of carbonyl (C=O) groups excluding carboxylic acids is 1. The van der Waals surface area contributed by atoms with Gasteiger partial charge in [0, 0.05) is 48.2 Å². The Morgan fingerprint density at radius 2 is 1.97 bits per heavy atom. The van der Waals surface area contributed by atoms with E-state index in [4.69, 9.17) is 20.6 Å². The molecule has 6 rings (SSSR count). The molecule has 6 N–H and O–H groups in total. The van der Waals surface area contributed by atoms with Crippen molar-refractivity contribution in [3.8, 4) is 10.4 Å². The number of hydrogen-bond acceptors (Lipinski definition) is 12. The number of aromatic nitrogens is 2. The lowest BCUT2D eigenvalue weighted by Gasteiger charge is -2.30. The molecular weight excluding hydrogens is 538 g/mol. The summed E-state index contributed by atoms with van der Waals surface area (Å²) < 4.78 is 16.8. The second kappa shape index (κ2) is 10.9. The number of nitrogens with two attached hydrogens (primary N) is 2. The first kappa shape index (κ1) is 25.7. The normalized spacial score (nSPS) is 19.8. The van der Waals surface area contributed by atoms with Crippen LogP contribution in [0.25, 0.3) is 20.7 Å². The fourth-order valence-electron chi connectivity index (χ4n) is 5.03. The third kappa shape index (κ3) is 5.35. The first-order valence-electron chi connectivity index (χ1n) is 12.9. The molecule has 11 nitrogen and oxygen atoms in total. The van der Waals surface area contributed by atoms with Crippen LogP contribution in [0.3, 0.4) is 0 Å². The van der Waals surface area contributed by atoms with Crippen molar-refractivity contribution in [3.05, 3.63) is 45.7 Å². The van der Waals surface area contributed by atoms with Crippen LogP contribution in [0.4, 0.5) is 23.1 Å². The molecule has 1 aliphatic carbocycles. The molecule has 0 unspecified atom stereocenters. The number of thiophene rings is 1. The number of primary amides is 1. The molecular formula is C26H29N7O4S2. The van der Waals surface area contributed by atoms with Crippen LogP contribution < -0.4 is 32.4 Å². The van der Waals surface area contributed by atoms with E-state index in [2.05, 4.69) is 20.0 Å². The summed E-state index contributed by atoms with van der Waals surface area (Å²) in [6.07, 6.45) is 5.81. The molecule has 1 amide bonds. The Labute approximate surface area is 232 Å². The lowest BCUT2D eigenvalue weighted by Crippen LogP contribution is -2.42. The summed E-state index contributed by atoms with van der Waals surface area (Å²) in [6, 6.07) is 5.42. The van der Waals surface area contributed by atoms with Gasteiger partial charge in [-0.05, 0) is 30.4 Å². The first-order valence-corrected chi connectivity index (χ1v) is 14.6. The highest BCUT2D eigenvalue weighted by atomic mass is 32.1. The Kier molecular flexibility index (Phi) is 7.21. The van der Waals surface area contributed by atoms with E-state index in [0.717, 1.165) is 41.8 Å². The van der Waals surface area contributed by atoms with Gasteiger partial charge in [0.15, 0.2) is 17.2 Å². The Balaban J connectivity index is 1.28. The summed E-state index contributed by atoms with van der Waals surface area (Å²) in [6.45, 7) is 2.52.